The fraction of sp³-hybridized carbons (Fsp3) is 0.381. The van der Waals surface area contributed by atoms with Gasteiger partial charge in [0.2, 0.25) is 11.8 Å². The number of fused-ring (bicyclic) bond motifs is 1. The Morgan fingerprint density at radius 3 is 2.55 bits per heavy atom. The minimum atomic E-state index is -4.08. The van der Waals surface area contributed by atoms with Crippen LogP contribution in [-0.2, 0) is 32.3 Å². The normalized spacial score (nSPS) is 14.4. The molecule has 10 heteroatoms. The highest BCUT2D eigenvalue weighted by Crippen LogP contribution is 2.38. The third kappa shape index (κ3) is 5.31. The van der Waals surface area contributed by atoms with E-state index in [9.17, 15) is 22.8 Å². The predicted molar refractivity (Wildman–Crippen MR) is 121 cm³/mol. The molecule has 3 amide bonds. The van der Waals surface area contributed by atoms with Crippen molar-refractivity contribution in [1.82, 2.24) is 0 Å². The van der Waals surface area contributed by atoms with Gasteiger partial charge in [0.05, 0.1) is 5.56 Å². The fourth-order valence-corrected chi connectivity index (χ4v) is 5.89. The largest absolute Gasteiger partial charge is 0.365 e. The van der Waals surface area contributed by atoms with Crippen LogP contribution in [0, 0.1) is 6.92 Å². The first-order valence-electron chi connectivity index (χ1n) is 9.92. The molecule has 0 aliphatic heterocycles. The van der Waals surface area contributed by atoms with Crippen LogP contribution in [0.15, 0.2) is 24.3 Å². The number of carbonyl (C=O) groups is 3. The molecule has 1 aromatic carbocycles. The van der Waals surface area contributed by atoms with Gasteiger partial charge in [-0.2, -0.15) is 0 Å². The van der Waals surface area contributed by atoms with Crippen molar-refractivity contribution in [3.8, 4) is 0 Å². The number of primary amides is 1. The van der Waals surface area contributed by atoms with Crippen LogP contribution in [0.2, 0.25) is 0 Å². The van der Waals surface area contributed by atoms with Gasteiger partial charge >= 0.3 is 0 Å². The summed E-state index contributed by atoms with van der Waals surface area (Å²) in [5.41, 5.74) is 8.01. The average molecular weight is 464 g/mol. The smallest absolute Gasteiger partial charge is 0.251 e. The molecule has 1 aliphatic rings. The van der Waals surface area contributed by atoms with Crippen molar-refractivity contribution in [3.63, 3.8) is 0 Å². The van der Waals surface area contributed by atoms with E-state index in [1.807, 2.05) is 13.0 Å². The second-order valence-corrected chi connectivity index (χ2v) is 11.1. The lowest BCUT2D eigenvalue weighted by atomic mass is 9.95. The van der Waals surface area contributed by atoms with E-state index in [4.69, 9.17) is 5.73 Å². The molecule has 0 spiro atoms. The van der Waals surface area contributed by atoms with E-state index in [0.717, 1.165) is 35.3 Å². The third-order valence-electron chi connectivity index (χ3n) is 5.20. The number of benzene rings is 1. The number of nitrogens with one attached hydrogen (secondary N) is 2. The lowest BCUT2D eigenvalue weighted by molar-refractivity contribution is -0.115. The Labute approximate surface area is 185 Å². The van der Waals surface area contributed by atoms with Gasteiger partial charge < -0.3 is 16.4 Å². The van der Waals surface area contributed by atoms with Crippen molar-refractivity contribution in [2.24, 2.45) is 5.73 Å². The van der Waals surface area contributed by atoms with Crippen molar-refractivity contribution in [2.75, 3.05) is 16.4 Å². The zero-order chi connectivity index (χ0) is 22.8. The Kier molecular flexibility index (Phi) is 6.80. The number of anilines is 2. The monoisotopic (exact) mass is 463 g/mol. The number of amides is 3. The number of carbonyl (C=O) groups excluding carboxylic acids is 3. The van der Waals surface area contributed by atoms with Gasteiger partial charge in [0, 0.05) is 10.6 Å². The molecular weight excluding hydrogens is 438 g/mol. The molecule has 1 unspecified atom stereocenters. The van der Waals surface area contributed by atoms with Gasteiger partial charge in [-0.3, -0.25) is 14.4 Å². The molecule has 1 atom stereocenters. The maximum atomic E-state index is 12.7. The number of rotatable bonds is 7. The molecular formula is C21H25N3O5S2. The van der Waals surface area contributed by atoms with Crippen LogP contribution in [0.25, 0.3) is 0 Å². The van der Waals surface area contributed by atoms with E-state index in [1.165, 1.54) is 18.3 Å². The summed E-state index contributed by atoms with van der Waals surface area (Å²) in [7, 11) is -4.08. The summed E-state index contributed by atoms with van der Waals surface area (Å²) < 4.78 is 25.3. The second-order valence-electron chi connectivity index (χ2n) is 7.64. The third-order valence-corrected chi connectivity index (χ3v) is 8.36. The summed E-state index contributed by atoms with van der Waals surface area (Å²) in [4.78, 5) is 37.8. The lowest BCUT2D eigenvalue weighted by Gasteiger charge is -2.14. The molecule has 4 N–H and O–H groups in total. The molecule has 0 saturated heterocycles. The molecule has 0 radical (unpaired) electrons. The second kappa shape index (κ2) is 9.19. The van der Waals surface area contributed by atoms with E-state index in [1.54, 1.807) is 18.2 Å². The number of nitrogens with two attached hydrogens (primary N) is 1. The Balaban J connectivity index is 1.71. The van der Waals surface area contributed by atoms with Gasteiger partial charge in [-0.15, -0.1) is 11.3 Å². The molecule has 2 aromatic rings. The number of hydrogen-bond acceptors (Lipinski definition) is 6. The molecule has 3 rings (SSSR count). The highest BCUT2D eigenvalue weighted by Gasteiger charge is 2.32. The minimum absolute atomic E-state index is 0.259. The van der Waals surface area contributed by atoms with Gasteiger partial charge in [-0.05, 0) is 62.8 Å². The van der Waals surface area contributed by atoms with E-state index in [-0.39, 0.29) is 10.6 Å². The summed E-state index contributed by atoms with van der Waals surface area (Å²) in [6.45, 7) is 3.07. The van der Waals surface area contributed by atoms with Crippen molar-refractivity contribution >= 4 is 49.6 Å². The van der Waals surface area contributed by atoms with Gasteiger partial charge in [0.15, 0.2) is 9.84 Å². The zero-order valence-corrected chi connectivity index (χ0v) is 19.0. The Morgan fingerprint density at radius 1 is 1.16 bits per heavy atom. The van der Waals surface area contributed by atoms with E-state index < -0.39 is 38.6 Å². The molecule has 166 valence electrons. The van der Waals surface area contributed by atoms with Gasteiger partial charge in [0.25, 0.3) is 5.91 Å². The topological polar surface area (TPSA) is 135 Å². The molecule has 0 bridgehead atoms. The van der Waals surface area contributed by atoms with Gasteiger partial charge in [-0.25, -0.2) is 8.42 Å². The fourth-order valence-electron chi connectivity index (χ4n) is 3.52. The molecule has 0 saturated carbocycles. The Bertz CT molecular complexity index is 1140. The maximum absolute atomic E-state index is 12.7. The summed E-state index contributed by atoms with van der Waals surface area (Å²) >= 11 is 1.26. The molecule has 0 fully saturated rings. The van der Waals surface area contributed by atoms with Crippen LogP contribution >= 0.6 is 11.3 Å². The van der Waals surface area contributed by atoms with Crippen LogP contribution < -0.4 is 16.4 Å². The van der Waals surface area contributed by atoms with Gasteiger partial charge in [0.1, 0.15) is 16.0 Å². The number of hydrogen-bond donors (Lipinski definition) is 3. The first-order valence-corrected chi connectivity index (χ1v) is 12.4. The van der Waals surface area contributed by atoms with E-state index in [0.29, 0.717) is 12.1 Å². The standard InChI is InChI=1S/C21H25N3O5S2/c1-12-6-5-7-14(10-12)23-17(25)11-31(28,29)13(2)20(27)24-21-18(19(22)26)15-8-3-4-9-16(15)30-21/h5-7,10,13H,3-4,8-9,11H2,1-2H3,(H2,22,26)(H,23,25)(H,24,27). The van der Waals surface area contributed by atoms with Crippen molar-refractivity contribution in [1.29, 1.82) is 0 Å². The van der Waals surface area contributed by atoms with Crippen LogP contribution in [0.1, 0.15) is 46.1 Å². The molecule has 31 heavy (non-hydrogen) atoms. The number of thiophene rings is 1. The summed E-state index contributed by atoms with van der Waals surface area (Å²) in [5.74, 6) is -3.01. The maximum Gasteiger partial charge on any atom is 0.251 e. The van der Waals surface area contributed by atoms with Crippen molar-refractivity contribution in [2.45, 2.75) is 44.8 Å². The Hall–Kier alpha value is -2.72. The van der Waals surface area contributed by atoms with Crippen LogP contribution in [-0.4, -0.2) is 37.1 Å². The van der Waals surface area contributed by atoms with Crippen molar-refractivity contribution < 1.29 is 22.8 Å². The average Bonchev–Trinajstić information content (AvgIpc) is 3.04. The number of aryl methyl sites for hydroxylation is 2. The van der Waals surface area contributed by atoms with Crippen molar-refractivity contribution in [3.05, 3.63) is 45.8 Å². The van der Waals surface area contributed by atoms with Crippen LogP contribution in [0.5, 0.6) is 0 Å². The van der Waals surface area contributed by atoms with E-state index in [2.05, 4.69) is 10.6 Å². The summed E-state index contributed by atoms with van der Waals surface area (Å²) in [6.07, 6.45) is 3.41. The van der Waals surface area contributed by atoms with Gasteiger partial charge in [-0.1, -0.05) is 12.1 Å². The van der Waals surface area contributed by atoms with Crippen LogP contribution in [0.3, 0.4) is 0 Å². The summed E-state index contributed by atoms with van der Waals surface area (Å²) in [5, 5.41) is 3.88. The molecule has 8 nitrogen and oxygen atoms in total. The molecule has 1 aliphatic carbocycles. The first-order chi connectivity index (χ1) is 14.6. The first kappa shape index (κ1) is 23.0. The van der Waals surface area contributed by atoms with E-state index >= 15 is 0 Å². The lowest BCUT2D eigenvalue weighted by Crippen LogP contribution is -2.37. The van der Waals surface area contributed by atoms with Crippen LogP contribution in [0.4, 0.5) is 10.7 Å². The predicted octanol–water partition coefficient (Wildman–Crippen LogP) is 2.41. The molecule has 1 aromatic heterocycles. The SMILES string of the molecule is Cc1cccc(NC(=O)CS(=O)(=O)C(C)C(=O)Nc2sc3c(c2C(N)=O)CCCC3)c1. The zero-order valence-electron chi connectivity index (χ0n) is 17.4. The highest BCUT2D eigenvalue weighted by molar-refractivity contribution is 7.93. The number of sulfone groups is 1. The minimum Gasteiger partial charge on any atom is -0.365 e. The quantitative estimate of drug-likeness (QED) is 0.579. The molecule has 1 heterocycles. The Morgan fingerprint density at radius 2 is 1.87 bits per heavy atom. The summed E-state index contributed by atoms with van der Waals surface area (Å²) in [6, 6.07) is 6.95. The highest BCUT2D eigenvalue weighted by atomic mass is 32.2.